The molecule has 0 aromatic carbocycles. The van der Waals surface area contributed by atoms with Crippen molar-refractivity contribution in [2.45, 2.75) is 32.2 Å². The van der Waals surface area contributed by atoms with Crippen LogP contribution in [-0.4, -0.2) is 49.4 Å². The van der Waals surface area contributed by atoms with Crippen LogP contribution in [0.3, 0.4) is 0 Å². The highest BCUT2D eigenvalue weighted by Gasteiger charge is 2.22. The Morgan fingerprint density at radius 3 is 2.81 bits per heavy atom. The summed E-state index contributed by atoms with van der Waals surface area (Å²) in [5.74, 6) is -0.0630. The van der Waals surface area contributed by atoms with Crippen LogP contribution in [0, 0.1) is 0 Å². The lowest BCUT2D eigenvalue weighted by Crippen LogP contribution is -2.44. The maximum Gasteiger partial charge on any atom is 0.242 e. The maximum absolute atomic E-state index is 11.7. The Hall–Kier alpha value is -1.10. The van der Waals surface area contributed by atoms with Crippen molar-refractivity contribution < 1.29 is 9.59 Å². The maximum atomic E-state index is 11.7. The minimum absolute atomic E-state index is 0.0156. The number of carbonyl (C=O) groups excluding carboxylic acids is 2. The molecule has 1 atom stereocenters. The van der Waals surface area contributed by atoms with Crippen LogP contribution in [0.15, 0.2) is 0 Å². The monoisotopic (exact) mass is 227 g/mol. The van der Waals surface area contributed by atoms with E-state index in [4.69, 9.17) is 0 Å². The zero-order valence-electron chi connectivity index (χ0n) is 10.1. The summed E-state index contributed by atoms with van der Waals surface area (Å²) in [6.45, 7) is 3.87. The van der Waals surface area contributed by atoms with Crippen molar-refractivity contribution in [2.75, 3.05) is 26.7 Å². The summed E-state index contributed by atoms with van der Waals surface area (Å²) in [6.07, 6.45) is 2.29. The summed E-state index contributed by atoms with van der Waals surface area (Å²) in [7, 11) is 1.80. The second-order valence-corrected chi connectivity index (χ2v) is 4.18. The van der Waals surface area contributed by atoms with E-state index in [1.807, 2.05) is 6.92 Å². The second kappa shape index (κ2) is 6.48. The average molecular weight is 227 g/mol. The van der Waals surface area contributed by atoms with Gasteiger partial charge in [0.1, 0.15) is 0 Å². The molecule has 0 spiro atoms. The topological polar surface area (TPSA) is 61.4 Å². The molecule has 2 N–H and O–H groups in total. The SMILES string of the molecule is CCCC(=O)NCC(=O)N(C)C1CCNC1. The van der Waals surface area contributed by atoms with Crippen molar-refractivity contribution >= 4 is 11.8 Å². The van der Waals surface area contributed by atoms with Crippen molar-refractivity contribution in [1.82, 2.24) is 15.5 Å². The van der Waals surface area contributed by atoms with Gasteiger partial charge in [0.15, 0.2) is 0 Å². The number of nitrogens with zero attached hydrogens (tertiary/aromatic N) is 1. The van der Waals surface area contributed by atoms with Crippen LogP contribution in [0.2, 0.25) is 0 Å². The Labute approximate surface area is 96.6 Å². The molecule has 1 heterocycles. The van der Waals surface area contributed by atoms with Gasteiger partial charge >= 0.3 is 0 Å². The molecule has 1 saturated heterocycles. The number of nitrogens with one attached hydrogen (secondary N) is 2. The van der Waals surface area contributed by atoms with Crippen LogP contribution >= 0.6 is 0 Å². The van der Waals surface area contributed by atoms with Crippen LogP contribution in [-0.2, 0) is 9.59 Å². The molecule has 5 heteroatoms. The van der Waals surface area contributed by atoms with Gasteiger partial charge in [-0.25, -0.2) is 0 Å². The lowest BCUT2D eigenvalue weighted by Gasteiger charge is -2.23. The number of hydrogen-bond donors (Lipinski definition) is 2. The smallest absolute Gasteiger partial charge is 0.242 e. The van der Waals surface area contributed by atoms with Crippen LogP contribution < -0.4 is 10.6 Å². The van der Waals surface area contributed by atoms with Gasteiger partial charge in [-0.05, 0) is 19.4 Å². The Balaban J connectivity index is 2.25. The molecule has 1 aliphatic heterocycles. The average Bonchev–Trinajstić information content (AvgIpc) is 2.78. The normalized spacial score (nSPS) is 19.5. The van der Waals surface area contributed by atoms with E-state index in [1.54, 1.807) is 11.9 Å². The molecule has 0 bridgehead atoms. The summed E-state index contributed by atoms with van der Waals surface area (Å²) in [5.41, 5.74) is 0. The van der Waals surface area contributed by atoms with Gasteiger partial charge in [0, 0.05) is 26.1 Å². The molecule has 92 valence electrons. The second-order valence-electron chi connectivity index (χ2n) is 4.18. The van der Waals surface area contributed by atoms with Crippen LogP contribution in [0.25, 0.3) is 0 Å². The van der Waals surface area contributed by atoms with Gasteiger partial charge in [-0.15, -0.1) is 0 Å². The first kappa shape index (κ1) is 13.0. The van der Waals surface area contributed by atoms with Gasteiger partial charge < -0.3 is 15.5 Å². The molecule has 0 radical (unpaired) electrons. The van der Waals surface area contributed by atoms with E-state index in [0.717, 1.165) is 25.9 Å². The predicted octanol–water partition coefficient (Wildman–Crippen LogP) is -0.277. The van der Waals surface area contributed by atoms with E-state index in [0.29, 0.717) is 6.42 Å². The molecule has 16 heavy (non-hydrogen) atoms. The molecule has 5 nitrogen and oxygen atoms in total. The summed E-state index contributed by atoms with van der Waals surface area (Å²) in [4.78, 5) is 24.6. The third kappa shape index (κ3) is 3.81. The molecule has 0 aromatic rings. The molecule has 1 aliphatic rings. The molecular formula is C11H21N3O2. The number of carbonyl (C=O) groups is 2. The van der Waals surface area contributed by atoms with Gasteiger partial charge in [0.2, 0.25) is 11.8 Å². The van der Waals surface area contributed by atoms with E-state index in [9.17, 15) is 9.59 Å². The first-order valence-electron chi connectivity index (χ1n) is 5.88. The zero-order chi connectivity index (χ0) is 12.0. The van der Waals surface area contributed by atoms with Gasteiger partial charge in [-0.3, -0.25) is 9.59 Å². The Kier molecular flexibility index (Phi) is 5.25. The van der Waals surface area contributed by atoms with E-state index >= 15 is 0 Å². The van der Waals surface area contributed by atoms with Crippen molar-refractivity contribution in [3.05, 3.63) is 0 Å². The summed E-state index contributed by atoms with van der Waals surface area (Å²) < 4.78 is 0. The highest BCUT2D eigenvalue weighted by Crippen LogP contribution is 2.05. The minimum atomic E-state index is -0.0474. The lowest BCUT2D eigenvalue weighted by atomic mass is 10.2. The van der Waals surface area contributed by atoms with Crippen LogP contribution in [0.5, 0.6) is 0 Å². The van der Waals surface area contributed by atoms with Crippen LogP contribution in [0.4, 0.5) is 0 Å². The number of likely N-dealkylation sites (N-methyl/N-ethyl adjacent to an activating group) is 1. The predicted molar refractivity (Wildman–Crippen MR) is 62.0 cm³/mol. The minimum Gasteiger partial charge on any atom is -0.347 e. The fraction of sp³-hybridized carbons (Fsp3) is 0.818. The van der Waals surface area contributed by atoms with Gasteiger partial charge in [0.25, 0.3) is 0 Å². The first-order valence-corrected chi connectivity index (χ1v) is 5.88. The van der Waals surface area contributed by atoms with Crippen molar-refractivity contribution in [3.63, 3.8) is 0 Å². The molecule has 0 aliphatic carbocycles. The van der Waals surface area contributed by atoms with Crippen molar-refractivity contribution in [3.8, 4) is 0 Å². The quantitative estimate of drug-likeness (QED) is 0.679. The Morgan fingerprint density at radius 1 is 1.50 bits per heavy atom. The molecule has 0 saturated carbocycles. The fourth-order valence-electron chi connectivity index (χ4n) is 1.79. The summed E-state index contributed by atoms with van der Waals surface area (Å²) >= 11 is 0. The highest BCUT2D eigenvalue weighted by atomic mass is 16.2. The van der Waals surface area contributed by atoms with Gasteiger partial charge in [0.05, 0.1) is 6.54 Å². The van der Waals surface area contributed by atoms with E-state index < -0.39 is 0 Å². The van der Waals surface area contributed by atoms with Gasteiger partial charge in [-0.2, -0.15) is 0 Å². The highest BCUT2D eigenvalue weighted by molar-refractivity contribution is 5.84. The third-order valence-electron chi connectivity index (χ3n) is 2.89. The number of amides is 2. The van der Waals surface area contributed by atoms with E-state index in [-0.39, 0.29) is 24.4 Å². The Morgan fingerprint density at radius 2 is 2.25 bits per heavy atom. The standard InChI is InChI=1S/C11H21N3O2/c1-3-4-10(15)13-8-11(16)14(2)9-5-6-12-7-9/h9,12H,3-8H2,1-2H3,(H,13,15). The molecule has 1 unspecified atom stereocenters. The molecule has 1 fully saturated rings. The number of hydrogen-bond acceptors (Lipinski definition) is 3. The molecule has 1 rings (SSSR count). The van der Waals surface area contributed by atoms with Crippen molar-refractivity contribution in [2.24, 2.45) is 0 Å². The number of rotatable bonds is 5. The first-order chi connectivity index (χ1) is 7.65. The summed E-state index contributed by atoms with van der Waals surface area (Å²) in [6, 6.07) is 0.274. The zero-order valence-corrected chi connectivity index (χ0v) is 10.1. The summed E-state index contributed by atoms with van der Waals surface area (Å²) in [5, 5.41) is 5.85. The third-order valence-corrected chi connectivity index (χ3v) is 2.89. The van der Waals surface area contributed by atoms with E-state index in [2.05, 4.69) is 10.6 Å². The lowest BCUT2D eigenvalue weighted by molar-refractivity contribution is -0.133. The van der Waals surface area contributed by atoms with Gasteiger partial charge in [-0.1, -0.05) is 6.92 Å². The van der Waals surface area contributed by atoms with E-state index in [1.165, 1.54) is 0 Å². The van der Waals surface area contributed by atoms with Crippen molar-refractivity contribution in [1.29, 1.82) is 0 Å². The van der Waals surface area contributed by atoms with Crippen LogP contribution in [0.1, 0.15) is 26.2 Å². The molecule has 0 aromatic heterocycles. The largest absolute Gasteiger partial charge is 0.347 e. The fourth-order valence-corrected chi connectivity index (χ4v) is 1.79. The molecular weight excluding hydrogens is 206 g/mol. The molecule has 2 amide bonds. The Bertz CT molecular complexity index is 250.